The molecule has 0 bridgehead atoms. The summed E-state index contributed by atoms with van der Waals surface area (Å²) >= 11 is 0. The van der Waals surface area contributed by atoms with Gasteiger partial charge >= 0.3 is 7.60 Å². The van der Waals surface area contributed by atoms with Crippen LogP contribution in [0.2, 0.25) is 0 Å². The summed E-state index contributed by atoms with van der Waals surface area (Å²) < 4.78 is 9.84. The Morgan fingerprint density at radius 1 is 1.28 bits per heavy atom. The first kappa shape index (κ1) is 16.8. The van der Waals surface area contributed by atoms with Gasteiger partial charge in [0, 0.05) is 5.25 Å². The second-order valence-electron chi connectivity index (χ2n) is 5.82. The summed E-state index contributed by atoms with van der Waals surface area (Å²) in [7, 11) is 3.23. The molecule has 0 heterocycles. The van der Waals surface area contributed by atoms with Crippen LogP contribution in [0.4, 0.5) is 0 Å². The van der Waals surface area contributed by atoms with E-state index in [-0.39, 0.29) is 6.54 Å². The van der Waals surface area contributed by atoms with E-state index in [0.717, 1.165) is 23.6 Å². The number of likely N-dealkylation sites (N-methyl/N-ethyl adjacent to an activating group) is 1. The molecule has 1 rings (SSSR count). The highest BCUT2D eigenvalue weighted by Gasteiger charge is 2.51. The predicted octanol–water partition coefficient (Wildman–Crippen LogP) is 1.84. The molecule has 0 amide bonds. The maximum absolute atomic E-state index is 11.5. The molecule has 0 spiro atoms. The van der Waals surface area contributed by atoms with Crippen molar-refractivity contribution in [3.63, 3.8) is 0 Å². The number of hydrogen-bond donors (Lipinski definition) is 3. The van der Waals surface area contributed by atoms with Crippen LogP contribution in [0, 0.1) is 0 Å². The van der Waals surface area contributed by atoms with Crippen LogP contribution in [0.1, 0.15) is 25.7 Å². The van der Waals surface area contributed by atoms with E-state index in [9.17, 15) is 19.5 Å². The van der Waals surface area contributed by atoms with Gasteiger partial charge in [-0.2, -0.15) is 0 Å². The molecule has 8 heteroatoms. The van der Waals surface area contributed by atoms with Crippen LogP contribution in [0.3, 0.4) is 0 Å². The van der Waals surface area contributed by atoms with Gasteiger partial charge in [0.15, 0.2) is 0 Å². The van der Waals surface area contributed by atoms with Crippen LogP contribution in [0.5, 0.6) is 0 Å². The fourth-order valence-corrected chi connectivity index (χ4v) is 7.03. The minimum Gasteiger partial charge on any atom is -0.364 e. The van der Waals surface area contributed by atoms with Crippen LogP contribution in [0.15, 0.2) is 0 Å². The van der Waals surface area contributed by atoms with Gasteiger partial charge in [-0.25, -0.2) is 0 Å². The molecule has 0 aromatic rings. The van der Waals surface area contributed by atoms with Crippen molar-refractivity contribution in [1.29, 1.82) is 0 Å². The molecule has 108 valence electrons. The standard InChI is InChI=1S/C10H22NO4PS2/c1-11(2,3)8-10(12,16(13,14)15)18-17-9-6-4-5-7-9/h9,12H,4-8H2,1-3H3,(H-,13,14,15)/p+1. The van der Waals surface area contributed by atoms with Crippen molar-refractivity contribution in [2.24, 2.45) is 0 Å². The smallest absolute Gasteiger partial charge is 0.364 e. The van der Waals surface area contributed by atoms with Gasteiger partial charge in [0.25, 0.3) is 4.67 Å². The number of aliphatic hydroxyl groups is 1. The van der Waals surface area contributed by atoms with Crippen molar-refractivity contribution >= 4 is 29.2 Å². The van der Waals surface area contributed by atoms with Crippen molar-refractivity contribution < 1.29 is 23.9 Å². The monoisotopic (exact) mass is 316 g/mol. The quantitative estimate of drug-likeness (QED) is 0.300. The summed E-state index contributed by atoms with van der Waals surface area (Å²) in [6.07, 6.45) is 4.47. The molecule has 1 saturated carbocycles. The minimum atomic E-state index is -4.56. The fourth-order valence-electron chi connectivity index (χ4n) is 1.91. The van der Waals surface area contributed by atoms with Gasteiger partial charge in [-0.05, 0) is 23.6 Å². The third-order valence-electron chi connectivity index (χ3n) is 2.76. The summed E-state index contributed by atoms with van der Waals surface area (Å²) in [4.78, 5) is 18.8. The number of rotatable bonds is 6. The van der Waals surface area contributed by atoms with Gasteiger partial charge in [0.2, 0.25) is 0 Å². The second kappa shape index (κ2) is 6.04. The lowest BCUT2D eigenvalue weighted by Crippen LogP contribution is -2.47. The molecule has 0 aliphatic heterocycles. The van der Waals surface area contributed by atoms with Crippen molar-refractivity contribution in [2.45, 2.75) is 35.6 Å². The summed E-state index contributed by atoms with van der Waals surface area (Å²) in [5.74, 6) is 0. The Morgan fingerprint density at radius 3 is 2.17 bits per heavy atom. The fraction of sp³-hybridized carbons (Fsp3) is 1.00. The molecule has 0 aromatic heterocycles. The summed E-state index contributed by atoms with van der Waals surface area (Å²) in [5.41, 5.74) is 0. The molecule has 1 aliphatic rings. The van der Waals surface area contributed by atoms with E-state index in [2.05, 4.69) is 0 Å². The summed E-state index contributed by atoms with van der Waals surface area (Å²) in [6.45, 7) is 0.0155. The van der Waals surface area contributed by atoms with Gasteiger partial charge in [-0.3, -0.25) is 4.57 Å². The zero-order valence-corrected chi connectivity index (χ0v) is 13.6. The van der Waals surface area contributed by atoms with Crippen LogP contribution in [0.25, 0.3) is 0 Å². The lowest BCUT2D eigenvalue weighted by Gasteiger charge is -2.35. The van der Waals surface area contributed by atoms with Crippen molar-refractivity contribution in [3.8, 4) is 0 Å². The molecule has 0 aromatic carbocycles. The molecule has 1 unspecified atom stereocenters. The third kappa shape index (κ3) is 5.04. The Balaban J connectivity index is 2.68. The molecule has 1 fully saturated rings. The molecular formula is C10H23NO4PS2+. The Bertz CT molecular complexity index is 324. The molecule has 18 heavy (non-hydrogen) atoms. The molecule has 0 radical (unpaired) electrons. The number of nitrogens with zero attached hydrogens (tertiary/aromatic N) is 1. The van der Waals surface area contributed by atoms with Crippen LogP contribution < -0.4 is 0 Å². The van der Waals surface area contributed by atoms with Gasteiger partial charge in [0.05, 0.1) is 21.1 Å². The van der Waals surface area contributed by atoms with E-state index < -0.39 is 12.3 Å². The lowest BCUT2D eigenvalue weighted by atomic mass is 10.4. The van der Waals surface area contributed by atoms with Crippen LogP contribution in [-0.2, 0) is 4.57 Å². The first-order valence-electron chi connectivity index (χ1n) is 5.96. The Morgan fingerprint density at radius 2 is 1.78 bits per heavy atom. The van der Waals surface area contributed by atoms with Gasteiger partial charge in [-0.15, -0.1) is 0 Å². The van der Waals surface area contributed by atoms with E-state index in [1.807, 2.05) is 0 Å². The largest absolute Gasteiger partial charge is 0.374 e. The number of hydrogen-bond acceptors (Lipinski definition) is 4. The zero-order valence-electron chi connectivity index (χ0n) is 11.1. The zero-order chi connectivity index (χ0) is 14.0. The Kier molecular flexibility index (Phi) is 5.64. The number of quaternary nitrogens is 1. The van der Waals surface area contributed by atoms with Gasteiger partial charge in [-0.1, -0.05) is 23.6 Å². The molecule has 5 nitrogen and oxygen atoms in total. The second-order valence-corrected chi connectivity index (χ2v) is 10.7. The average Bonchev–Trinajstić information content (AvgIpc) is 2.62. The first-order chi connectivity index (χ1) is 8.04. The van der Waals surface area contributed by atoms with Gasteiger partial charge < -0.3 is 19.4 Å². The maximum Gasteiger partial charge on any atom is 0.374 e. The summed E-state index contributed by atoms with van der Waals surface area (Å²) in [6, 6.07) is 0. The van der Waals surface area contributed by atoms with E-state index in [1.54, 1.807) is 21.1 Å². The first-order valence-corrected chi connectivity index (χ1v) is 9.79. The lowest BCUT2D eigenvalue weighted by molar-refractivity contribution is -0.873. The SMILES string of the molecule is C[N+](C)(C)CC(O)(SSC1CCCC1)P(=O)(O)O. The Hall–Kier alpha value is 0.770. The highest BCUT2D eigenvalue weighted by Crippen LogP contribution is 2.60. The van der Waals surface area contributed by atoms with Crippen LogP contribution in [-0.4, -0.2) is 57.0 Å². The van der Waals surface area contributed by atoms with Gasteiger partial charge in [0.1, 0.15) is 6.54 Å². The van der Waals surface area contributed by atoms with E-state index in [0.29, 0.717) is 9.73 Å². The highest BCUT2D eigenvalue weighted by atomic mass is 33.1. The molecule has 3 N–H and O–H groups in total. The topological polar surface area (TPSA) is 77.8 Å². The van der Waals surface area contributed by atoms with E-state index in [4.69, 9.17) is 0 Å². The van der Waals surface area contributed by atoms with Crippen molar-refractivity contribution in [3.05, 3.63) is 0 Å². The third-order valence-corrected chi connectivity index (χ3v) is 8.33. The molecule has 1 atom stereocenters. The molecule has 0 saturated heterocycles. The summed E-state index contributed by atoms with van der Waals surface area (Å²) in [5, 5.41) is 10.7. The molecule has 1 aliphatic carbocycles. The van der Waals surface area contributed by atoms with E-state index >= 15 is 0 Å². The van der Waals surface area contributed by atoms with Crippen LogP contribution >= 0.6 is 29.2 Å². The van der Waals surface area contributed by atoms with Crippen molar-refractivity contribution in [1.82, 2.24) is 0 Å². The average molecular weight is 316 g/mol. The Labute approximate surface area is 116 Å². The predicted molar refractivity (Wildman–Crippen MR) is 77.3 cm³/mol. The van der Waals surface area contributed by atoms with E-state index in [1.165, 1.54) is 23.6 Å². The normalized spacial score (nSPS) is 22.1. The maximum atomic E-state index is 11.5. The highest BCUT2D eigenvalue weighted by molar-refractivity contribution is 8.78. The minimum absolute atomic E-state index is 0.0155. The molecular weight excluding hydrogens is 293 g/mol. The van der Waals surface area contributed by atoms with Crippen molar-refractivity contribution in [2.75, 3.05) is 27.7 Å².